The fourth-order valence-electron chi connectivity index (χ4n) is 2.74. The molecule has 4 nitrogen and oxygen atoms in total. The molecule has 3 aromatic carbocycles. The summed E-state index contributed by atoms with van der Waals surface area (Å²) in [4.78, 5) is 16.6. The van der Waals surface area contributed by atoms with E-state index in [1.807, 2.05) is 72.1 Å². The zero-order valence-electron chi connectivity index (χ0n) is 14.8. The van der Waals surface area contributed by atoms with E-state index in [2.05, 4.69) is 20.9 Å². The highest BCUT2D eigenvalue weighted by molar-refractivity contribution is 9.10. The Kier molecular flexibility index (Phi) is 5.69. The molecule has 1 heterocycles. The van der Waals surface area contributed by atoms with E-state index in [0.717, 1.165) is 31.5 Å². The first-order valence-electron chi connectivity index (χ1n) is 8.66. The quantitative estimate of drug-likeness (QED) is 0.343. The number of benzene rings is 3. The van der Waals surface area contributed by atoms with Gasteiger partial charge in [0.1, 0.15) is 17.4 Å². The minimum Gasteiger partial charge on any atom is -0.481 e. The van der Waals surface area contributed by atoms with Gasteiger partial charge < -0.3 is 9.47 Å². The third kappa shape index (κ3) is 4.24. The van der Waals surface area contributed by atoms with Crippen LogP contribution in [-0.4, -0.2) is 17.6 Å². The standard InChI is InChI=1S/C22H16BrNO3S/c23-21-18-9-5-4-6-15(18)10-11-19(21)26-13-20(25)27-12-17-14-28-22(24-17)16-7-2-1-3-8-16/h1-11,14H,12-13H2. The first-order valence-corrected chi connectivity index (χ1v) is 10.3. The minimum absolute atomic E-state index is 0.129. The van der Waals surface area contributed by atoms with Crippen molar-refractivity contribution in [2.75, 3.05) is 6.61 Å². The van der Waals surface area contributed by atoms with Gasteiger partial charge in [-0.1, -0.05) is 60.7 Å². The van der Waals surface area contributed by atoms with Crippen molar-refractivity contribution < 1.29 is 14.3 Å². The third-order valence-corrected chi connectivity index (χ3v) is 5.89. The number of ether oxygens (including phenoxy) is 2. The molecule has 0 saturated heterocycles. The Balaban J connectivity index is 1.33. The normalized spacial score (nSPS) is 10.8. The van der Waals surface area contributed by atoms with Crippen LogP contribution in [0.5, 0.6) is 5.75 Å². The molecule has 0 aliphatic heterocycles. The average molecular weight is 454 g/mol. The highest BCUT2D eigenvalue weighted by Crippen LogP contribution is 2.33. The molecule has 4 aromatic rings. The van der Waals surface area contributed by atoms with E-state index in [0.29, 0.717) is 5.75 Å². The zero-order valence-corrected chi connectivity index (χ0v) is 17.2. The van der Waals surface area contributed by atoms with Gasteiger partial charge in [0.05, 0.1) is 10.2 Å². The Hall–Kier alpha value is -2.70. The fourth-order valence-corrected chi connectivity index (χ4v) is 4.16. The van der Waals surface area contributed by atoms with Crippen LogP contribution in [0.4, 0.5) is 0 Å². The molecule has 0 aliphatic carbocycles. The van der Waals surface area contributed by atoms with Crippen LogP contribution < -0.4 is 4.74 Å². The van der Waals surface area contributed by atoms with Crippen molar-refractivity contribution in [3.8, 4) is 16.3 Å². The molecule has 0 N–H and O–H groups in total. The summed E-state index contributed by atoms with van der Waals surface area (Å²) in [5.41, 5.74) is 1.78. The Morgan fingerprint density at radius 2 is 1.79 bits per heavy atom. The molecular formula is C22H16BrNO3S. The lowest BCUT2D eigenvalue weighted by Crippen LogP contribution is -2.15. The number of halogens is 1. The highest BCUT2D eigenvalue weighted by atomic mass is 79.9. The van der Waals surface area contributed by atoms with E-state index in [4.69, 9.17) is 9.47 Å². The monoisotopic (exact) mass is 453 g/mol. The second-order valence-electron chi connectivity index (χ2n) is 6.06. The van der Waals surface area contributed by atoms with Crippen LogP contribution in [0.25, 0.3) is 21.3 Å². The number of rotatable bonds is 6. The number of carbonyl (C=O) groups is 1. The number of aromatic nitrogens is 1. The van der Waals surface area contributed by atoms with E-state index in [1.165, 1.54) is 11.3 Å². The van der Waals surface area contributed by atoms with Crippen molar-refractivity contribution in [1.29, 1.82) is 0 Å². The predicted octanol–water partition coefficient (Wildman–Crippen LogP) is 5.85. The maximum atomic E-state index is 12.1. The largest absolute Gasteiger partial charge is 0.481 e. The van der Waals surface area contributed by atoms with Crippen molar-refractivity contribution in [3.63, 3.8) is 0 Å². The summed E-state index contributed by atoms with van der Waals surface area (Å²) in [5.74, 6) is 0.171. The molecule has 0 spiro atoms. The van der Waals surface area contributed by atoms with Gasteiger partial charge in [0.15, 0.2) is 6.61 Å². The SMILES string of the molecule is O=C(COc1ccc2ccccc2c1Br)OCc1csc(-c2ccccc2)n1. The van der Waals surface area contributed by atoms with Gasteiger partial charge in [0.2, 0.25) is 0 Å². The topological polar surface area (TPSA) is 48.4 Å². The molecule has 0 fully saturated rings. The summed E-state index contributed by atoms with van der Waals surface area (Å²) in [7, 11) is 0. The van der Waals surface area contributed by atoms with Crippen LogP contribution in [0.3, 0.4) is 0 Å². The molecule has 0 saturated carbocycles. The smallest absolute Gasteiger partial charge is 0.344 e. The van der Waals surface area contributed by atoms with Gasteiger partial charge in [-0.2, -0.15) is 0 Å². The van der Waals surface area contributed by atoms with E-state index >= 15 is 0 Å². The minimum atomic E-state index is -0.436. The van der Waals surface area contributed by atoms with Gasteiger partial charge in [-0.05, 0) is 32.8 Å². The second-order valence-corrected chi connectivity index (χ2v) is 7.71. The van der Waals surface area contributed by atoms with Crippen molar-refractivity contribution in [2.24, 2.45) is 0 Å². The zero-order chi connectivity index (χ0) is 19.3. The molecule has 0 bridgehead atoms. The lowest BCUT2D eigenvalue weighted by Gasteiger charge is -2.10. The predicted molar refractivity (Wildman–Crippen MR) is 114 cm³/mol. The molecular weight excluding hydrogens is 438 g/mol. The number of hydrogen-bond donors (Lipinski definition) is 0. The summed E-state index contributed by atoms with van der Waals surface area (Å²) < 4.78 is 11.7. The maximum Gasteiger partial charge on any atom is 0.344 e. The summed E-state index contributed by atoms with van der Waals surface area (Å²) in [5, 5.41) is 4.94. The van der Waals surface area contributed by atoms with E-state index in [9.17, 15) is 4.79 Å². The molecule has 0 aliphatic rings. The number of fused-ring (bicyclic) bond motifs is 1. The maximum absolute atomic E-state index is 12.1. The average Bonchev–Trinajstić information content (AvgIpc) is 3.22. The van der Waals surface area contributed by atoms with Crippen molar-refractivity contribution in [2.45, 2.75) is 6.61 Å². The van der Waals surface area contributed by atoms with E-state index in [1.54, 1.807) is 0 Å². The van der Waals surface area contributed by atoms with Crippen LogP contribution in [-0.2, 0) is 16.1 Å². The van der Waals surface area contributed by atoms with Gasteiger partial charge in [0, 0.05) is 10.9 Å². The van der Waals surface area contributed by atoms with Crippen LogP contribution >= 0.6 is 27.3 Å². The molecule has 0 atom stereocenters. The van der Waals surface area contributed by atoms with Gasteiger partial charge in [0.25, 0.3) is 0 Å². The van der Waals surface area contributed by atoms with Crippen molar-refractivity contribution >= 4 is 44.0 Å². The van der Waals surface area contributed by atoms with E-state index in [-0.39, 0.29) is 13.2 Å². The van der Waals surface area contributed by atoms with Gasteiger partial charge in [-0.3, -0.25) is 0 Å². The Labute approximate surface area is 174 Å². The number of esters is 1. The summed E-state index contributed by atoms with van der Waals surface area (Å²) in [6.07, 6.45) is 0. The van der Waals surface area contributed by atoms with Crippen molar-refractivity contribution in [1.82, 2.24) is 4.98 Å². The Morgan fingerprint density at radius 1 is 1.00 bits per heavy atom. The second kappa shape index (κ2) is 8.54. The molecule has 1 aromatic heterocycles. The summed E-state index contributed by atoms with van der Waals surface area (Å²) in [6.45, 7) is -0.0307. The molecule has 0 amide bonds. The van der Waals surface area contributed by atoms with Crippen LogP contribution in [0.2, 0.25) is 0 Å². The molecule has 6 heteroatoms. The van der Waals surface area contributed by atoms with E-state index < -0.39 is 5.97 Å². The molecule has 0 unspecified atom stereocenters. The third-order valence-electron chi connectivity index (χ3n) is 4.13. The van der Waals surface area contributed by atoms with Gasteiger partial charge in [-0.15, -0.1) is 11.3 Å². The first-order chi connectivity index (χ1) is 13.7. The van der Waals surface area contributed by atoms with Crippen LogP contribution in [0, 0.1) is 0 Å². The highest BCUT2D eigenvalue weighted by Gasteiger charge is 2.11. The summed E-state index contributed by atoms with van der Waals surface area (Å²) >= 11 is 5.07. The van der Waals surface area contributed by atoms with Crippen LogP contribution in [0.15, 0.2) is 76.6 Å². The van der Waals surface area contributed by atoms with Gasteiger partial charge >= 0.3 is 5.97 Å². The Bertz CT molecular complexity index is 1110. The molecule has 140 valence electrons. The number of carbonyl (C=O) groups excluding carboxylic acids is 1. The number of hydrogen-bond acceptors (Lipinski definition) is 5. The first kappa shape index (κ1) is 18.7. The van der Waals surface area contributed by atoms with Gasteiger partial charge in [-0.25, -0.2) is 9.78 Å². The lowest BCUT2D eigenvalue weighted by atomic mass is 10.1. The van der Waals surface area contributed by atoms with Crippen molar-refractivity contribution in [3.05, 3.63) is 82.3 Å². The summed E-state index contributed by atoms with van der Waals surface area (Å²) in [6, 6.07) is 21.7. The fraction of sp³-hybridized carbons (Fsp3) is 0.0909. The van der Waals surface area contributed by atoms with Crippen LogP contribution in [0.1, 0.15) is 5.69 Å². The number of nitrogens with zero attached hydrogens (tertiary/aromatic N) is 1. The number of thiazole rings is 1. The molecule has 28 heavy (non-hydrogen) atoms. The Morgan fingerprint density at radius 3 is 2.64 bits per heavy atom. The molecule has 0 radical (unpaired) electrons. The lowest BCUT2D eigenvalue weighted by molar-refractivity contribution is -0.147. The molecule has 4 rings (SSSR count).